The molecule has 2 rings (SSSR count). The molecule has 9 heteroatoms. The normalized spacial score (nSPS) is 13.3. The number of rotatable bonds is 1. The summed E-state index contributed by atoms with van der Waals surface area (Å²) in [6, 6.07) is 1.31. The Morgan fingerprint density at radius 3 is 2.41 bits per heavy atom. The van der Waals surface area contributed by atoms with E-state index in [9.17, 15) is 22.0 Å². The second kappa shape index (κ2) is 3.62. The fourth-order valence-electron chi connectivity index (χ4n) is 1.16. The SMILES string of the molecule is FC(F)(F)C(F)(F)c1nc2ncc(Br)cc2[nH]1. The van der Waals surface area contributed by atoms with Crippen molar-refractivity contribution in [3.05, 3.63) is 22.6 Å². The van der Waals surface area contributed by atoms with Crippen LogP contribution >= 0.6 is 15.9 Å². The molecule has 2 aromatic heterocycles. The van der Waals surface area contributed by atoms with E-state index in [0.29, 0.717) is 4.47 Å². The van der Waals surface area contributed by atoms with Crippen LogP contribution in [0.3, 0.4) is 0 Å². The molecule has 0 bridgehead atoms. The van der Waals surface area contributed by atoms with E-state index in [0.717, 1.165) is 0 Å². The van der Waals surface area contributed by atoms with Gasteiger partial charge in [-0.1, -0.05) is 0 Å². The number of halogens is 6. The van der Waals surface area contributed by atoms with Crippen molar-refractivity contribution in [3.8, 4) is 0 Å². The molecule has 0 aliphatic heterocycles. The van der Waals surface area contributed by atoms with Crippen molar-refractivity contribution < 1.29 is 22.0 Å². The van der Waals surface area contributed by atoms with Gasteiger partial charge in [0.15, 0.2) is 11.5 Å². The Kier molecular flexibility index (Phi) is 2.60. The lowest BCUT2D eigenvalue weighted by molar-refractivity contribution is -0.292. The second-order valence-corrected chi connectivity index (χ2v) is 4.10. The number of H-pyrrole nitrogens is 1. The monoisotopic (exact) mass is 315 g/mol. The van der Waals surface area contributed by atoms with E-state index >= 15 is 0 Å². The van der Waals surface area contributed by atoms with Crippen LogP contribution in [-0.2, 0) is 5.92 Å². The molecule has 17 heavy (non-hydrogen) atoms. The molecule has 0 radical (unpaired) electrons. The van der Waals surface area contributed by atoms with Crippen LogP contribution in [-0.4, -0.2) is 21.1 Å². The first-order valence-electron chi connectivity index (χ1n) is 4.18. The maximum atomic E-state index is 12.9. The molecule has 0 aliphatic rings. The molecule has 0 saturated heterocycles. The molecule has 0 spiro atoms. The minimum Gasteiger partial charge on any atom is -0.335 e. The summed E-state index contributed by atoms with van der Waals surface area (Å²) in [5.41, 5.74) is -0.203. The number of hydrogen-bond donors (Lipinski definition) is 1. The molecule has 0 aliphatic carbocycles. The molecule has 0 atom stereocenters. The number of hydrogen-bond acceptors (Lipinski definition) is 2. The largest absolute Gasteiger partial charge is 0.461 e. The van der Waals surface area contributed by atoms with Gasteiger partial charge in [-0.15, -0.1) is 0 Å². The van der Waals surface area contributed by atoms with Crippen molar-refractivity contribution in [2.75, 3.05) is 0 Å². The Bertz CT molecular complexity index is 562. The van der Waals surface area contributed by atoms with Crippen LogP contribution in [0.15, 0.2) is 16.7 Å². The highest BCUT2D eigenvalue weighted by Crippen LogP contribution is 2.42. The number of pyridine rings is 1. The van der Waals surface area contributed by atoms with Gasteiger partial charge in [-0.3, -0.25) is 0 Å². The van der Waals surface area contributed by atoms with Crippen LogP contribution in [0.4, 0.5) is 22.0 Å². The zero-order chi connectivity index (χ0) is 12.8. The summed E-state index contributed by atoms with van der Waals surface area (Å²) in [5.74, 6) is -6.49. The molecular weight excluding hydrogens is 313 g/mol. The second-order valence-electron chi connectivity index (χ2n) is 3.18. The minimum absolute atomic E-state index is 0.00157. The third kappa shape index (κ3) is 1.99. The Morgan fingerprint density at radius 1 is 1.18 bits per heavy atom. The smallest absolute Gasteiger partial charge is 0.335 e. The van der Waals surface area contributed by atoms with E-state index in [1.54, 1.807) is 0 Å². The van der Waals surface area contributed by atoms with E-state index in [1.807, 2.05) is 4.98 Å². The van der Waals surface area contributed by atoms with Gasteiger partial charge in [0.05, 0.1) is 5.52 Å². The highest BCUT2D eigenvalue weighted by molar-refractivity contribution is 9.10. The maximum Gasteiger partial charge on any atom is 0.461 e. The minimum atomic E-state index is -5.70. The quantitative estimate of drug-likeness (QED) is 0.820. The molecule has 0 unspecified atom stereocenters. The molecule has 0 aromatic carbocycles. The number of fused-ring (bicyclic) bond motifs is 1. The van der Waals surface area contributed by atoms with Crippen LogP contribution in [0, 0.1) is 0 Å². The number of aromatic nitrogens is 3. The highest BCUT2D eigenvalue weighted by Gasteiger charge is 2.61. The average Bonchev–Trinajstić information content (AvgIpc) is 2.58. The molecular formula is C8H3BrF5N3. The van der Waals surface area contributed by atoms with Gasteiger partial charge < -0.3 is 4.98 Å². The molecule has 0 amide bonds. The Labute approximate surface area is 99.2 Å². The number of imidazole rings is 1. The molecule has 2 aromatic rings. The lowest BCUT2D eigenvalue weighted by atomic mass is 10.3. The topological polar surface area (TPSA) is 41.6 Å². The van der Waals surface area contributed by atoms with Crippen molar-refractivity contribution in [1.29, 1.82) is 0 Å². The predicted molar refractivity (Wildman–Crippen MR) is 51.5 cm³/mol. The van der Waals surface area contributed by atoms with Crippen LogP contribution < -0.4 is 0 Å². The summed E-state index contributed by atoms with van der Waals surface area (Å²) in [4.78, 5) is 8.65. The molecule has 3 nitrogen and oxygen atoms in total. The van der Waals surface area contributed by atoms with Gasteiger partial charge in [-0.2, -0.15) is 22.0 Å². The molecule has 0 saturated carbocycles. The first-order chi connectivity index (χ1) is 7.72. The Hall–Kier alpha value is -1.25. The van der Waals surface area contributed by atoms with Crippen molar-refractivity contribution in [2.24, 2.45) is 0 Å². The van der Waals surface area contributed by atoms with Gasteiger partial charge in [0.25, 0.3) is 0 Å². The number of nitrogens with zero attached hydrogens (tertiary/aromatic N) is 2. The van der Waals surface area contributed by atoms with Crippen LogP contribution in [0.25, 0.3) is 11.2 Å². The number of nitrogens with one attached hydrogen (secondary N) is 1. The van der Waals surface area contributed by atoms with Crippen molar-refractivity contribution in [3.63, 3.8) is 0 Å². The van der Waals surface area contributed by atoms with E-state index in [4.69, 9.17) is 0 Å². The summed E-state index contributed by atoms with van der Waals surface area (Å²) in [5, 5.41) is 0. The van der Waals surface area contributed by atoms with Gasteiger partial charge in [-0.25, -0.2) is 9.97 Å². The zero-order valence-corrected chi connectivity index (χ0v) is 9.40. The van der Waals surface area contributed by atoms with Gasteiger partial charge in [0.1, 0.15) is 0 Å². The lowest BCUT2D eigenvalue weighted by Gasteiger charge is -2.16. The van der Waals surface area contributed by atoms with Gasteiger partial charge in [-0.05, 0) is 22.0 Å². The third-order valence-electron chi connectivity index (χ3n) is 1.96. The fourth-order valence-corrected chi connectivity index (χ4v) is 1.49. The summed E-state index contributed by atoms with van der Waals surface area (Å²) in [6.45, 7) is 0. The highest BCUT2D eigenvalue weighted by atomic mass is 79.9. The van der Waals surface area contributed by atoms with E-state index in [2.05, 4.69) is 25.9 Å². The van der Waals surface area contributed by atoms with Crippen LogP contribution in [0.1, 0.15) is 5.82 Å². The summed E-state index contributed by atoms with van der Waals surface area (Å²) < 4.78 is 62.6. The Balaban J connectivity index is 2.57. The zero-order valence-electron chi connectivity index (χ0n) is 7.82. The first-order valence-corrected chi connectivity index (χ1v) is 4.97. The standard InChI is InChI=1S/C8H3BrF5N3/c9-3-1-4-5(15-2-3)17-6(16-4)7(10,11)8(12,13)14/h1-2H,(H,15,16,17). The average molecular weight is 316 g/mol. The van der Waals surface area contributed by atoms with Crippen molar-refractivity contribution >= 4 is 27.1 Å². The maximum absolute atomic E-state index is 12.9. The van der Waals surface area contributed by atoms with Gasteiger partial charge >= 0.3 is 12.1 Å². The predicted octanol–water partition coefficient (Wildman–Crippen LogP) is 3.37. The summed E-state index contributed by atoms with van der Waals surface area (Å²) in [7, 11) is 0. The molecule has 92 valence electrons. The molecule has 2 heterocycles. The lowest BCUT2D eigenvalue weighted by Crippen LogP contribution is -2.34. The number of aromatic amines is 1. The molecule has 1 N–H and O–H groups in total. The van der Waals surface area contributed by atoms with E-state index in [1.165, 1.54) is 12.3 Å². The van der Waals surface area contributed by atoms with E-state index < -0.39 is 17.9 Å². The molecule has 0 fully saturated rings. The van der Waals surface area contributed by atoms with Gasteiger partial charge in [0, 0.05) is 10.7 Å². The number of alkyl halides is 5. The first kappa shape index (κ1) is 12.2. The van der Waals surface area contributed by atoms with E-state index in [-0.39, 0.29) is 11.2 Å². The van der Waals surface area contributed by atoms with Crippen LogP contribution in [0.2, 0.25) is 0 Å². The van der Waals surface area contributed by atoms with Crippen LogP contribution in [0.5, 0.6) is 0 Å². The Morgan fingerprint density at radius 2 is 1.82 bits per heavy atom. The fraction of sp³-hybridized carbons (Fsp3) is 0.250. The van der Waals surface area contributed by atoms with Gasteiger partial charge in [0.2, 0.25) is 0 Å². The third-order valence-corrected chi connectivity index (χ3v) is 2.39. The van der Waals surface area contributed by atoms with Crippen molar-refractivity contribution in [1.82, 2.24) is 15.0 Å². The summed E-state index contributed by atoms with van der Waals surface area (Å²) in [6.07, 6.45) is -4.45. The van der Waals surface area contributed by atoms with Crippen molar-refractivity contribution in [2.45, 2.75) is 12.1 Å². The summed E-state index contributed by atoms with van der Waals surface area (Å²) >= 11 is 3.01.